The first-order chi connectivity index (χ1) is 18.6. The molecular weight excluding hydrogens is 488 g/mol. The molecule has 38 heavy (non-hydrogen) atoms. The maximum absolute atomic E-state index is 13.1. The van der Waals surface area contributed by atoms with Crippen LogP contribution in [0.3, 0.4) is 0 Å². The van der Waals surface area contributed by atoms with Crippen LogP contribution in [-0.4, -0.2) is 97.3 Å². The summed E-state index contributed by atoms with van der Waals surface area (Å²) in [5.41, 5.74) is 1.44. The van der Waals surface area contributed by atoms with Gasteiger partial charge in [0.2, 0.25) is 5.89 Å². The van der Waals surface area contributed by atoms with E-state index >= 15 is 0 Å². The van der Waals surface area contributed by atoms with E-state index in [1.165, 1.54) is 6.26 Å². The van der Waals surface area contributed by atoms with Crippen LogP contribution >= 0.6 is 0 Å². The van der Waals surface area contributed by atoms with E-state index in [4.69, 9.17) is 18.6 Å². The van der Waals surface area contributed by atoms with Crippen LogP contribution in [0.15, 0.2) is 34.9 Å². The van der Waals surface area contributed by atoms with E-state index in [2.05, 4.69) is 26.9 Å². The van der Waals surface area contributed by atoms with Gasteiger partial charge in [-0.2, -0.15) is 0 Å². The Morgan fingerprint density at radius 3 is 2.61 bits per heavy atom. The van der Waals surface area contributed by atoms with Crippen molar-refractivity contribution in [1.29, 1.82) is 0 Å². The lowest BCUT2D eigenvalue weighted by atomic mass is 9.98. The van der Waals surface area contributed by atoms with Crippen molar-refractivity contribution in [1.82, 2.24) is 19.7 Å². The van der Waals surface area contributed by atoms with Gasteiger partial charge in [0, 0.05) is 45.8 Å². The van der Waals surface area contributed by atoms with E-state index in [-0.39, 0.29) is 23.5 Å². The number of esters is 1. The number of carbonyl (C=O) groups is 2. The van der Waals surface area contributed by atoms with Gasteiger partial charge in [-0.15, -0.1) is 0 Å². The molecule has 2 aliphatic heterocycles. The van der Waals surface area contributed by atoms with E-state index in [1.54, 1.807) is 11.8 Å². The molecule has 1 amide bonds. The zero-order chi connectivity index (χ0) is 26.7. The normalized spacial score (nSPS) is 18.5. The van der Waals surface area contributed by atoms with Gasteiger partial charge in [0.25, 0.3) is 5.91 Å². The second kappa shape index (κ2) is 14.3. The Hall–Kier alpha value is -2.95. The van der Waals surface area contributed by atoms with E-state index in [9.17, 15) is 9.59 Å². The molecular formula is C28H40N4O6. The topological polar surface area (TPSA) is 97.6 Å². The minimum absolute atomic E-state index is 0.208. The quantitative estimate of drug-likeness (QED) is 0.385. The highest BCUT2D eigenvalue weighted by molar-refractivity contribution is 5.92. The summed E-state index contributed by atoms with van der Waals surface area (Å²) in [6.45, 7) is 12.0. The van der Waals surface area contributed by atoms with E-state index in [1.807, 2.05) is 19.1 Å². The van der Waals surface area contributed by atoms with Gasteiger partial charge >= 0.3 is 5.97 Å². The van der Waals surface area contributed by atoms with Gasteiger partial charge < -0.3 is 23.5 Å². The molecule has 2 fully saturated rings. The van der Waals surface area contributed by atoms with Crippen molar-refractivity contribution < 1.29 is 28.2 Å². The standard InChI is InChI=1S/C28H40N4O6/c1-3-36-24-9-7-22(8-10-24)18-31(13-12-30-14-16-35-17-15-30)20-26-29-25(21-38-26)27(33)32-11-5-6-23(19-32)28(34)37-4-2/h7-10,21,23H,3-6,11-20H2,1-2H3. The molecule has 0 radical (unpaired) electrons. The Kier molecular flexibility index (Phi) is 10.5. The van der Waals surface area contributed by atoms with Gasteiger partial charge in [-0.25, -0.2) is 4.98 Å². The summed E-state index contributed by atoms with van der Waals surface area (Å²) in [7, 11) is 0. The Labute approximate surface area is 224 Å². The number of oxazole rings is 1. The lowest BCUT2D eigenvalue weighted by Crippen LogP contribution is -2.43. The van der Waals surface area contributed by atoms with Crippen LogP contribution in [0, 0.1) is 5.92 Å². The second-order valence-electron chi connectivity index (χ2n) is 9.71. The van der Waals surface area contributed by atoms with Crippen LogP contribution in [-0.2, 0) is 27.4 Å². The number of morpholine rings is 1. The fourth-order valence-electron chi connectivity index (χ4n) is 4.89. The van der Waals surface area contributed by atoms with Crippen LogP contribution in [0.25, 0.3) is 0 Å². The third-order valence-electron chi connectivity index (χ3n) is 6.93. The highest BCUT2D eigenvalue weighted by atomic mass is 16.5. The molecule has 2 saturated heterocycles. The highest BCUT2D eigenvalue weighted by Gasteiger charge is 2.31. The highest BCUT2D eigenvalue weighted by Crippen LogP contribution is 2.21. The summed E-state index contributed by atoms with van der Waals surface area (Å²) in [4.78, 5) is 36.2. The van der Waals surface area contributed by atoms with Crippen molar-refractivity contribution in [2.24, 2.45) is 5.92 Å². The van der Waals surface area contributed by atoms with Crippen molar-refractivity contribution in [3.8, 4) is 5.75 Å². The molecule has 10 heteroatoms. The molecule has 0 bridgehead atoms. The number of hydrogen-bond acceptors (Lipinski definition) is 9. The predicted molar refractivity (Wildman–Crippen MR) is 141 cm³/mol. The summed E-state index contributed by atoms with van der Waals surface area (Å²) >= 11 is 0. The predicted octanol–water partition coefficient (Wildman–Crippen LogP) is 2.82. The summed E-state index contributed by atoms with van der Waals surface area (Å²) in [6.07, 6.45) is 2.93. The summed E-state index contributed by atoms with van der Waals surface area (Å²) in [6, 6.07) is 8.13. The number of hydrogen-bond donors (Lipinski definition) is 0. The minimum atomic E-state index is -0.288. The van der Waals surface area contributed by atoms with Gasteiger partial charge in [0.05, 0.1) is 38.9 Å². The Bertz CT molecular complexity index is 1020. The molecule has 3 heterocycles. The molecule has 0 aliphatic carbocycles. The minimum Gasteiger partial charge on any atom is -0.494 e. The molecule has 2 aliphatic rings. The van der Waals surface area contributed by atoms with E-state index in [0.717, 1.165) is 70.1 Å². The first-order valence-corrected chi connectivity index (χ1v) is 13.7. The molecule has 208 valence electrons. The maximum atomic E-state index is 13.1. The smallest absolute Gasteiger partial charge is 0.310 e. The summed E-state index contributed by atoms with van der Waals surface area (Å²) in [5.74, 6) is 0.621. The monoisotopic (exact) mass is 528 g/mol. The number of piperidine rings is 1. The second-order valence-corrected chi connectivity index (χ2v) is 9.71. The Balaban J connectivity index is 1.39. The molecule has 10 nitrogen and oxygen atoms in total. The zero-order valence-corrected chi connectivity index (χ0v) is 22.6. The zero-order valence-electron chi connectivity index (χ0n) is 22.6. The fraction of sp³-hybridized carbons (Fsp3) is 0.607. The number of benzene rings is 1. The van der Waals surface area contributed by atoms with Crippen LogP contribution in [0.1, 0.15) is 48.6 Å². The Morgan fingerprint density at radius 2 is 1.87 bits per heavy atom. The number of aromatic nitrogens is 1. The molecule has 1 atom stereocenters. The van der Waals surface area contributed by atoms with Gasteiger partial charge in [-0.1, -0.05) is 12.1 Å². The molecule has 0 saturated carbocycles. The van der Waals surface area contributed by atoms with Crippen LogP contribution in [0.5, 0.6) is 5.75 Å². The molecule has 4 rings (SSSR count). The number of ether oxygens (including phenoxy) is 3. The molecule has 0 spiro atoms. The Morgan fingerprint density at radius 1 is 1.08 bits per heavy atom. The van der Waals surface area contributed by atoms with Gasteiger partial charge in [0.15, 0.2) is 5.69 Å². The number of likely N-dealkylation sites (tertiary alicyclic amines) is 1. The first kappa shape index (κ1) is 28.1. The van der Waals surface area contributed by atoms with E-state index < -0.39 is 0 Å². The fourth-order valence-corrected chi connectivity index (χ4v) is 4.89. The van der Waals surface area contributed by atoms with Gasteiger partial charge in [-0.05, 0) is 44.4 Å². The first-order valence-electron chi connectivity index (χ1n) is 13.7. The molecule has 1 aromatic heterocycles. The van der Waals surface area contributed by atoms with Crippen molar-refractivity contribution in [3.63, 3.8) is 0 Å². The number of nitrogens with zero attached hydrogens (tertiary/aromatic N) is 4. The SMILES string of the molecule is CCOC(=O)C1CCCN(C(=O)c2coc(CN(CCN3CCOCC3)Cc3ccc(OCC)cc3)n2)C1. The average molecular weight is 529 g/mol. The lowest BCUT2D eigenvalue weighted by Gasteiger charge is -2.30. The van der Waals surface area contributed by atoms with Crippen LogP contribution < -0.4 is 4.74 Å². The lowest BCUT2D eigenvalue weighted by molar-refractivity contribution is -0.149. The molecule has 0 N–H and O–H groups in total. The number of amides is 1. The largest absolute Gasteiger partial charge is 0.494 e. The van der Waals surface area contributed by atoms with Crippen LogP contribution in [0.2, 0.25) is 0 Å². The van der Waals surface area contributed by atoms with Gasteiger partial charge in [-0.3, -0.25) is 19.4 Å². The summed E-state index contributed by atoms with van der Waals surface area (Å²) in [5, 5.41) is 0. The summed E-state index contributed by atoms with van der Waals surface area (Å²) < 4.78 is 22.0. The number of carbonyl (C=O) groups excluding carboxylic acids is 2. The third kappa shape index (κ3) is 8.02. The van der Waals surface area contributed by atoms with Crippen molar-refractivity contribution >= 4 is 11.9 Å². The van der Waals surface area contributed by atoms with Crippen LogP contribution in [0.4, 0.5) is 0 Å². The molecule has 2 aromatic rings. The van der Waals surface area contributed by atoms with Gasteiger partial charge in [0.1, 0.15) is 12.0 Å². The van der Waals surface area contributed by atoms with Crippen molar-refractivity contribution in [2.45, 2.75) is 39.8 Å². The average Bonchev–Trinajstić information content (AvgIpc) is 3.42. The number of rotatable bonds is 12. The third-order valence-corrected chi connectivity index (χ3v) is 6.93. The van der Waals surface area contributed by atoms with Crippen molar-refractivity contribution in [3.05, 3.63) is 47.7 Å². The van der Waals surface area contributed by atoms with E-state index in [0.29, 0.717) is 38.7 Å². The maximum Gasteiger partial charge on any atom is 0.310 e. The van der Waals surface area contributed by atoms with Crippen molar-refractivity contribution in [2.75, 3.05) is 65.7 Å². The molecule has 1 aromatic carbocycles. The molecule has 1 unspecified atom stereocenters.